The second-order valence-corrected chi connectivity index (χ2v) is 5.73. The van der Waals surface area contributed by atoms with Gasteiger partial charge < -0.3 is 10.6 Å². The van der Waals surface area contributed by atoms with Gasteiger partial charge in [0, 0.05) is 15.4 Å². The lowest BCUT2D eigenvalue weighted by Crippen LogP contribution is -2.19. The molecule has 1 heterocycles. The Kier molecular flexibility index (Phi) is 3.67. The van der Waals surface area contributed by atoms with Gasteiger partial charge in [0.2, 0.25) is 0 Å². The van der Waals surface area contributed by atoms with E-state index < -0.39 is 0 Å². The summed E-state index contributed by atoms with van der Waals surface area (Å²) in [5.41, 5.74) is 2.84. The van der Waals surface area contributed by atoms with E-state index >= 15 is 0 Å². The van der Waals surface area contributed by atoms with Crippen molar-refractivity contribution < 1.29 is 4.79 Å². The number of urea groups is 1. The third-order valence-corrected chi connectivity index (χ3v) is 3.56. The zero-order chi connectivity index (χ0) is 13.1. The van der Waals surface area contributed by atoms with E-state index in [0.717, 1.165) is 16.3 Å². The number of nitrogens with one attached hydrogen (secondary N) is 2. The van der Waals surface area contributed by atoms with E-state index in [9.17, 15) is 4.79 Å². The highest BCUT2D eigenvalue weighted by Gasteiger charge is 2.07. The number of hydrogen-bond acceptors (Lipinski definition) is 2. The summed E-state index contributed by atoms with van der Waals surface area (Å²) in [5.74, 6) is 0. The summed E-state index contributed by atoms with van der Waals surface area (Å²) in [7, 11) is 0. The lowest BCUT2D eigenvalue weighted by molar-refractivity contribution is 0.262. The Balaban J connectivity index is 2.01. The number of amides is 2. The van der Waals surface area contributed by atoms with E-state index in [0.29, 0.717) is 0 Å². The van der Waals surface area contributed by atoms with Gasteiger partial charge in [0.1, 0.15) is 0 Å². The van der Waals surface area contributed by atoms with Gasteiger partial charge >= 0.3 is 6.03 Å². The molecule has 1 aromatic heterocycles. The molecule has 2 aromatic rings. The first-order valence-electron chi connectivity index (χ1n) is 5.76. The molecule has 4 heteroatoms. The molecule has 0 aliphatic carbocycles. The number of thiophene rings is 1. The third kappa shape index (κ3) is 3.11. The molecule has 0 unspecified atom stereocenters. The van der Waals surface area contributed by atoms with Crippen LogP contribution >= 0.6 is 11.3 Å². The van der Waals surface area contributed by atoms with Gasteiger partial charge in [0.25, 0.3) is 0 Å². The molecule has 94 valence electrons. The number of carbonyl (C=O) groups is 1. The molecule has 0 radical (unpaired) electrons. The molecule has 0 aliphatic heterocycles. The largest absolute Gasteiger partial charge is 0.323 e. The molecule has 2 rings (SSSR count). The second-order valence-electron chi connectivity index (χ2n) is 4.27. The van der Waals surface area contributed by atoms with Crippen molar-refractivity contribution in [3.05, 3.63) is 45.6 Å². The average molecular weight is 260 g/mol. The number of rotatable bonds is 2. The van der Waals surface area contributed by atoms with Crippen molar-refractivity contribution in [1.82, 2.24) is 0 Å². The fourth-order valence-electron chi connectivity index (χ4n) is 1.68. The van der Waals surface area contributed by atoms with Gasteiger partial charge in [-0.25, -0.2) is 4.79 Å². The maximum Gasteiger partial charge on any atom is 0.323 e. The maximum atomic E-state index is 11.8. The van der Waals surface area contributed by atoms with Gasteiger partial charge in [-0.15, -0.1) is 11.3 Å². The topological polar surface area (TPSA) is 41.1 Å². The van der Waals surface area contributed by atoms with Gasteiger partial charge in [0.15, 0.2) is 0 Å². The van der Waals surface area contributed by atoms with Crippen molar-refractivity contribution in [2.24, 2.45) is 0 Å². The Hall–Kier alpha value is -1.81. The van der Waals surface area contributed by atoms with Crippen molar-refractivity contribution >= 4 is 28.7 Å². The molecule has 0 bridgehead atoms. The Labute approximate surface area is 111 Å². The first-order valence-corrected chi connectivity index (χ1v) is 6.58. The molecule has 0 fully saturated rings. The van der Waals surface area contributed by atoms with Crippen molar-refractivity contribution in [3.8, 4) is 0 Å². The summed E-state index contributed by atoms with van der Waals surface area (Å²) in [6, 6.07) is 9.49. The highest BCUT2D eigenvalue weighted by atomic mass is 32.1. The van der Waals surface area contributed by atoms with E-state index in [2.05, 4.69) is 10.6 Å². The van der Waals surface area contributed by atoms with E-state index in [1.54, 1.807) is 11.3 Å². The molecule has 0 saturated carbocycles. The smallest absolute Gasteiger partial charge is 0.308 e. The van der Waals surface area contributed by atoms with Crippen LogP contribution in [0.4, 0.5) is 16.2 Å². The van der Waals surface area contributed by atoms with Gasteiger partial charge in [-0.3, -0.25) is 0 Å². The molecule has 1 aromatic carbocycles. The van der Waals surface area contributed by atoms with Gasteiger partial charge in [-0.2, -0.15) is 0 Å². The molecule has 2 amide bonds. The zero-order valence-electron chi connectivity index (χ0n) is 10.7. The van der Waals surface area contributed by atoms with Crippen molar-refractivity contribution in [2.45, 2.75) is 20.8 Å². The van der Waals surface area contributed by atoms with Crippen LogP contribution in [0.5, 0.6) is 0 Å². The molecular weight excluding hydrogens is 244 g/mol. The highest BCUT2D eigenvalue weighted by Crippen LogP contribution is 2.25. The summed E-state index contributed by atoms with van der Waals surface area (Å²) >= 11 is 1.68. The predicted octanol–water partition coefficient (Wildman–Crippen LogP) is 4.32. The number of hydrogen-bond donors (Lipinski definition) is 2. The average Bonchev–Trinajstić information content (AvgIpc) is 2.61. The molecule has 0 aliphatic rings. The van der Waals surface area contributed by atoms with E-state index in [1.807, 2.05) is 51.1 Å². The minimum atomic E-state index is -0.209. The molecule has 0 saturated heterocycles. The summed E-state index contributed by atoms with van der Waals surface area (Å²) in [6.45, 7) is 6.04. The molecule has 3 nitrogen and oxygen atoms in total. The van der Waals surface area contributed by atoms with Crippen molar-refractivity contribution in [1.29, 1.82) is 0 Å². The summed E-state index contributed by atoms with van der Waals surface area (Å²) in [6.07, 6.45) is 0. The number of aryl methyl sites for hydroxylation is 3. The molecule has 2 N–H and O–H groups in total. The van der Waals surface area contributed by atoms with Crippen LogP contribution in [0.3, 0.4) is 0 Å². The highest BCUT2D eigenvalue weighted by molar-refractivity contribution is 7.12. The van der Waals surface area contributed by atoms with Crippen LogP contribution < -0.4 is 10.6 Å². The zero-order valence-corrected chi connectivity index (χ0v) is 11.5. The quantitative estimate of drug-likeness (QED) is 0.829. The monoisotopic (exact) mass is 260 g/mol. The van der Waals surface area contributed by atoms with Gasteiger partial charge in [-0.1, -0.05) is 17.7 Å². The standard InChI is InChI=1S/C14H16N2OS/c1-9-4-6-12(7-5-9)15-14(17)16-13-8-10(2)18-11(13)3/h4-8H,1-3H3,(H2,15,16,17). The van der Waals surface area contributed by atoms with Crippen LogP contribution in [-0.2, 0) is 0 Å². The molecular formula is C14H16N2OS. The number of carbonyl (C=O) groups excluding carboxylic acids is 1. The van der Waals surface area contributed by atoms with Crippen LogP contribution in [0, 0.1) is 20.8 Å². The Morgan fingerprint density at radius 2 is 1.72 bits per heavy atom. The number of anilines is 2. The van der Waals surface area contributed by atoms with E-state index in [4.69, 9.17) is 0 Å². The van der Waals surface area contributed by atoms with Gasteiger partial charge in [0.05, 0.1) is 5.69 Å². The third-order valence-electron chi connectivity index (χ3n) is 2.60. The normalized spacial score (nSPS) is 10.2. The first kappa shape index (κ1) is 12.6. The van der Waals surface area contributed by atoms with E-state index in [1.165, 1.54) is 10.4 Å². The minimum absolute atomic E-state index is 0.209. The Morgan fingerprint density at radius 1 is 1.06 bits per heavy atom. The summed E-state index contributed by atoms with van der Waals surface area (Å²) in [4.78, 5) is 14.1. The minimum Gasteiger partial charge on any atom is -0.308 e. The lowest BCUT2D eigenvalue weighted by Gasteiger charge is -2.07. The van der Waals surface area contributed by atoms with E-state index in [-0.39, 0.29) is 6.03 Å². The fourth-order valence-corrected chi connectivity index (χ4v) is 2.56. The summed E-state index contributed by atoms with van der Waals surface area (Å²) in [5, 5.41) is 5.66. The van der Waals surface area contributed by atoms with Crippen molar-refractivity contribution in [2.75, 3.05) is 10.6 Å². The Bertz CT molecular complexity index is 558. The fraction of sp³-hybridized carbons (Fsp3) is 0.214. The van der Waals surface area contributed by atoms with Crippen LogP contribution in [0.15, 0.2) is 30.3 Å². The van der Waals surface area contributed by atoms with Crippen LogP contribution in [-0.4, -0.2) is 6.03 Å². The SMILES string of the molecule is Cc1ccc(NC(=O)Nc2cc(C)sc2C)cc1. The van der Waals surface area contributed by atoms with Crippen LogP contribution in [0.1, 0.15) is 15.3 Å². The van der Waals surface area contributed by atoms with Gasteiger partial charge in [-0.05, 0) is 39.0 Å². The predicted molar refractivity (Wildman–Crippen MR) is 77.6 cm³/mol. The van der Waals surface area contributed by atoms with Crippen molar-refractivity contribution in [3.63, 3.8) is 0 Å². The number of benzene rings is 1. The Morgan fingerprint density at radius 3 is 2.28 bits per heavy atom. The maximum absolute atomic E-state index is 11.8. The molecule has 18 heavy (non-hydrogen) atoms. The lowest BCUT2D eigenvalue weighted by atomic mass is 10.2. The molecule has 0 atom stereocenters. The van der Waals surface area contributed by atoms with Crippen LogP contribution in [0.25, 0.3) is 0 Å². The first-order chi connectivity index (χ1) is 8.54. The summed E-state index contributed by atoms with van der Waals surface area (Å²) < 4.78 is 0. The second kappa shape index (κ2) is 5.23. The molecule has 0 spiro atoms. The van der Waals surface area contributed by atoms with Crippen LogP contribution in [0.2, 0.25) is 0 Å².